The Kier molecular flexibility index (Phi) is 2.49. The highest BCUT2D eigenvalue weighted by molar-refractivity contribution is 7.91. The predicted octanol–water partition coefficient (Wildman–Crippen LogP) is 1.55. The standard InChI is InChI=1S/C9H8ClF2NO2S/c10-5-1-2-7-6(3-5)9(11,12)8(13)4-16(7,14)15/h1-3,8H,4,13H2. The number of nitrogens with two attached hydrogens (primary N) is 1. The smallest absolute Gasteiger partial charge is 0.290 e. The number of benzene rings is 1. The summed E-state index contributed by atoms with van der Waals surface area (Å²) in [6.45, 7) is 0. The summed E-state index contributed by atoms with van der Waals surface area (Å²) in [5, 5.41) is 0.0581. The molecule has 88 valence electrons. The third-order valence-corrected chi connectivity index (χ3v) is 4.56. The van der Waals surface area contributed by atoms with Crippen LogP contribution in [0.5, 0.6) is 0 Å². The minimum Gasteiger partial charge on any atom is -0.322 e. The van der Waals surface area contributed by atoms with Crippen LogP contribution in [0.25, 0.3) is 0 Å². The Morgan fingerprint density at radius 2 is 2.06 bits per heavy atom. The van der Waals surface area contributed by atoms with Crippen LogP contribution in [0.4, 0.5) is 8.78 Å². The van der Waals surface area contributed by atoms with Crippen LogP contribution >= 0.6 is 11.6 Å². The molecule has 1 aliphatic heterocycles. The highest BCUT2D eigenvalue weighted by Crippen LogP contribution is 2.41. The highest BCUT2D eigenvalue weighted by atomic mass is 35.5. The molecular formula is C9H8ClF2NO2S. The van der Waals surface area contributed by atoms with Gasteiger partial charge in [-0.15, -0.1) is 0 Å². The Morgan fingerprint density at radius 3 is 2.69 bits per heavy atom. The lowest BCUT2D eigenvalue weighted by Crippen LogP contribution is -2.48. The first kappa shape index (κ1) is 11.8. The van der Waals surface area contributed by atoms with E-state index in [-0.39, 0.29) is 9.92 Å². The van der Waals surface area contributed by atoms with E-state index in [0.717, 1.165) is 12.1 Å². The van der Waals surface area contributed by atoms with Crippen LogP contribution in [-0.4, -0.2) is 20.2 Å². The molecule has 0 saturated heterocycles. The van der Waals surface area contributed by atoms with Gasteiger partial charge in [0.15, 0.2) is 9.84 Å². The summed E-state index contributed by atoms with van der Waals surface area (Å²) < 4.78 is 50.6. The summed E-state index contributed by atoms with van der Waals surface area (Å²) in [5.74, 6) is -4.12. The van der Waals surface area contributed by atoms with E-state index >= 15 is 0 Å². The summed E-state index contributed by atoms with van der Waals surface area (Å²) in [6.07, 6.45) is 0. The molecule has 1 heterocycles. The summed E-state index contributed by atoms with van der Waals surface area (Å²) in [5.41, 5.74) is 4.57. The second kappa shape index (κ2) is 3.38. The van der Waals surface area contributed by atoms with Gasteiger partial charge in [0.25, 0.3) is 5.92 Å². The molecule has 0 spiro atoms. The topological polar surface area (TPSA) is 60.2 Å². The van der Waals surface area contributed by atoms with Crippen molar-refractivity contribution in [2.75, 3.05) is 5.75 Å². The van der Waals surface area contributed by atoms with Crippen LogP contribution in [0.15, 0.2) is 23.1 Å². The molecule has 1 aromatic rings. The number of hydrogen-bond donors (Lipinski definition) is 1. The SMILES string of the molecule is NC1CS(=O)(=O)c2ccc(Cl)cc2C1(F)F. The van der Waals surface area contributed by atoms with E-state index in [4.69, 9.17) is 17.3 Å². The van der Waals surface area contributed by atoms with Crippen LogP contribution in [0.1, 0.15) is 5.56 Å². The molecule has 7 heteroatoms. The molecule has 0 fully saturated rings. The average molecular weight is 268 g/mol. The van der Waals surface area contributed by atoms with E-state index in [9.17, 15) is 17.2 Å². The maximum absolute atomic E-state index is 13.7. The molecule has 2 rings (SSSR count). The normalized spacial score (nSPS) is 26.1. The van der Waals surface area contributed by atoms with E-state index in [1.165, 1.54) is 6.07 Å². The van der Waals surface area contributed by atoms with Crippen LogP contribution in [0.2, 0.25) is 5.02 Å². The molecule has 1 unspecified atom stereocenters. The van der Waals surface area contributed by atoms with Crippen LogP contribution < -0.4 is 5.73 Å². The molecular weight excluding hydrogens is 260 g/mol. The Hall–Kier alpha value is -0.720. The zero-order valence-corrected chi connectivity index (χ0v) is 9.52. The summed E-state index contributed by atoms with van der Waals surface area (Å²) in [4.78, 5) is -0.386. The molecule has 16 heavy (non-hydrogen) atoms. The van der Waals surface area contributed by atoms with Crippen molar-refractivity contribution in [1.29, 1.82) is 0 Å². The average Bonchev–Trinajstić information content (AvgIpc) is 2.14. The molecule has 0 bridgehead atoms. The van der Waals surface area contributed by atoms with Crippen molar-refractivity contribution in [1.82, 2.24) is 0 Å². The van der Waals surface area contributed by atoms with Gasteiger partial charge in [0, 0.05) is 10.6 Å². The first-order valence-corrected chi connectivity index (χ1v) is 6.44. The molecule has 0 aliphatic carbocycles. The summed E-state index contributed by atoms with van der Waals surface area (Å²) >= 11 is 5.58. The number of sulfone groups is 1. The second-order valence-corrected chi connectivity index (χ2v) is 6.09. The lowest BCUT2D eigenvalue weighted by atomic mass is 10.0. The van der Waals surface area contributed by atoms with Crippen molar-refractivity contribution in [2.45, 2.75) is 16.9 Å². The molecule has 3 nitrogen and oxygen atoms in total. The zero-order chi connectivity index (χ0) is 12.1. The molecule has 0 amide bonds. The van der Waals surface area contributed by atoms with Gasteiger partial charge in [-0.3, -0.25) is 0 Å². The fourth-order valence-electron chi connectivity index (χ4n) is 1.66. The van der Waals surface area contributed by atoms with Crippen molar-refractivity contribution in [3.63, 3.8) is 0 Å². The quantitative estimate of drug-likeness (QED) is 0.776. The van der Waals surface area contributed by atoms with Gasteiger partial charge in [-0.1, -0.05) is 11.6 Å². The molecule has 1 aromatic carbocycles. The molecule has 1 aliphatic rings. The lowest BCUT2D eigenvalue weighted by Gasteiger charge is -2.30. The Bertz CT molecular complexity index is 544. The zero-order valence-electron chi connectivity index (χ0n) is 7.95. The Morgan fingerprint density at radius 1 is 1.44 bits per heavy atom. The minimum atomic E-state index is -3.74. The van der Waals surface area contributed by atoms with Gasteiger partial charge < -0.3 is 5.73 Å². The van der Waals surface area contributed by atoms with Crippen molar-refractivity contribution in [3.05, 3.63) is 28.8 Å². The van der Waals surface area contributed by atoms with Gasteiger partial charge in [0.2, 0.25) is 0 Å². The monoisotopic (exact) mass is 267 g/mol. The van der Waals surface area contributed by atoms with Crippen molar-refractivity contribution < 1.29 is 17.2 Å². The maximum atomic E-state index is 13.7. The van der Waals surface area contributed by atoms with Crippen molar-refractivity contribution in [3.8, 4) is 0 Å². The lowest BCUT2D eigenvalue weighted by molar-refractivity contribution is -0.0298. The number of fused-ring (bicyclic) bond motifs is 1. The number of halogens is 3. The molecule has 0 radical (unpaired) electrons. The van der Waals surface area contributed by atoms with E-state index in [1.54, 1.807) is 0 Å². The van der Waals surface area contributed by atoms with Gasteiger partial charge in [0.1, 0.15) is 0 Å². The van der Waals surface area contributed by atoms with Gasteiger partial charge >= 0.3 is 0 Å². The number of hydrogen-bond acceptors (Lipinski definition) is 3. The van der Waals surface area contributed by atoms with E-state index in [1.807, 2.05) is 0 Å². The van der Waals surface area contributed by atoms with E-state index in [0.29, 0.717) is 0 Å². The van der Waals surface area contributed by atoms with Crippen molar-refractivity contribution >= 4 is 21.4 Å². The number of rotatable bonds is 0. The third kappa shape index (κ3) is 1.61. The molecule has 2 N–H and O–H groups in total. The Labute approximate surface area is 96.1 Å². The Balaban J connectivity index is 2.78. The summed E-state index contributed by atoms with van der Waals surface area (Å²) in [7, 11) is -3.74. The fourth-order valence-corrected chi connectivity index (χ4v) is 3.50. The van der Waals surface area contributed by atoms with Crippen LogP contribution in [0, 0.1) is 0 Å². The van der Waals surface area contributed by atoms with Gasteiger partial charge in [-0.2, -0.15) is 8.78 Å². The predicted molar refractivity (Wildman–Crippen MR) is 55.4 cm³/mol. The number of alkyl halides is 2. The van der Waals surface area contributed by atoms with E-state index in [2.05, 4.69) is 0 Å². The first-order chi connectivity index (χ1) is 7.25. The largest absolute Gasteiger partial charge is 0.322 e. The maximum Gasteiger partial charge on any atom is 0.290 e. The van der Waals surface area contributed by atoms with E-state index < -0.39 is 33.1 Å². The van der Waals surface area contributed by atoms with Gasteiger partial charge in [-0.05, 0) is 18.2 Å². The molecule has 0 aromatic heterocycles. The van der Waals surface area contributed by atoms with Crippen LogP contribution in [0.3, 0.4) is 0 Å². The van der Waals surface area contributed by atoms with Crippen molar-refractivity contribution in [2.24, 2.45) is 5.73 Å². The molecule has 1 atom stereocenters. The minimum absolute atomic E-state index is 0.0581. The fraction of sp³-hybridized carbons (Fsp3) is 0.333. The third-order valence-electron chi connectivity index (χ3n) is 2.50. The van der Waals surface area contributed by atoms with Gasteiger partial charge in [-0.25, -0.2) is 8.42 Å². The first-order valence-electron chi connectivity index (χ1n) is 4.41. The highest BCUT2D eigenvalue weighted by Gasteiger charge is 2.49. The van der Waals surface area contributed by atoms with Crippen LogP contribution in [-0.2, 0) is 15.8 Å². The second-order valence-electron chi connectivity index (χ2n) is 3.65. The molecule has 0 saturated carbocycles. The summed E-state index contributed by atoms with van der Waals surface area (Å²) in [6, 6.07) is 1.58. The van der Waals surface area contributed by atoms with Gasteiger partial charge in [0.05, 0.1) is 16.7 Å².